The van der Waals surface area contributed by atoms with Crippen LogP contribution in [0.4, 0.5) is 5.69 Å². The number of anilines is 1. The number of carbonyl (C=O) groups is 1. The number of nitrogens with one attached hydrogen (secondary N) is 1. The predicted molar refractivity (Wildman–Crippen MR) is 84.8 cm³/mol. The molecule has 2 rings (SSSR count). The molecule has 0 aromatic heterocycles. The van der Waals surface area contributed by atoms with Gasteiger partial charge in [-0.15, -0.1) is 0 Å². The second kappa shape index (κ2) is 6.39. The van der Waals surface area contributed by atoms with Gasteiger partial charge in [0.25, 0.3) is 5.91 Å². The second-order valence-electron chi connectivity index (χ2n) is 3.96. The highest BCUT2D eigenvalue weighted by Gasteiger charge is 2.12. The van der Waals surface area contributed by atoms with Crippen molar-refractivity contribution < 1.29 is 9.53 Å². The molecule has 0 spiro atoms. The van der Waals surface area contributed by atoms with Crippen molar-refractivity contribution in [1.29, 1.82) is 5.26 Å². The molecule has 2 aromatic carbocycles. The summed E-state index contributed by atoms with van der Waals surface area (Å²) in [6, 6.07) is 14.2. The number of methoxy groups -OCH3 is 1. The predicted octanol–water partition coefficient (Wildman–Crippen LogP) is 3.42. The molecular formula is C15H11IN2O2. The van der Waals surface area contributed by atoms with Crippen molar-refractivity contribution >= 4 is 34.2 Å². The summed E-state index contributed by atoms with van der Waals surface area (Å²) in [5.74, 6) is 0.284. The summed E-state index contributed by atoms with van der Waals surface area (Å²) in [7, 11) is 1.52. The summed E-state index contributed by atoms with van der Waals surface area (Å²) >= 11 is 2.11. The van der Waals surface area contributed by atoms with Gasteiger partial charge in [-0.1, -0.05) is 12.1 Å². The molecule has 0 fully saturated rings. The minimum absolute atomic E-state index is 0.233. The molecule has 5 heteroatoms. The van der Waals surface area contributed by atoms with Gasteiger partial charge in [0, 0.05) is 3.57 Å². The third-order valence-corrected chi connectivity index (χ3v) is 3.64. The second-order valence-corrected chi connectivity index (χ2v) is 5.12. The van der Waals surface area contributed by atoms with Gasteiger partial charge in [0.05, 0.1) is 30.0 Å². The SMILES string of the molecule is COc1ccc(C#N)cc1NC(=O)c1ccccc1I. The molecule has 1 N–H and O–H groups in total. The van der Waals surface area contributed by atoms with Crippen LogP contribution in [-0.2, 0) is 0 Å². The van der Waals surface area contributed by atoms with E-state index in [0.717, 1.165) is 3.57 Å². The van der Waals surface area contributed by atoms with E-state index in [2.05, 4.69) is 27.9 Å². The van der Waals surface area contributed by atoms with Crippen LogP contribution in [0.25, 0.3) is 0 Å². The molecule has 4 nitrogen and oxygen atoms in total. The van der Waals surface area contributed by atoms with Crippen LogP contribution in [0.5, 0.6) is 5.75 Å². The van der Waals surface area contributed by atoms with Gasteiger partial charge >= 0.3 is 0 Å². The molecule has 100 valence electrons. The number of nitriles is 1. The molecule has 0 atom stereocenters. The van der Waals surface area contributed by atoms with Crippen molar-refractivity contribution in [3.05, 3.63) is 57.2 Å². The zero-order chi connectivity index (χ0) is 14.5. The number of rotatable bonds is 3. The van der Waals surface area contributed by atoms with E-state index in [0.29, 0.717) is 22.6 Å². The summed E-state index contributed by atoms with van der Waals surface area (Å²) in [6.45, 7) is 0. The number of nitrogens with zero attached hydrogens (tertiary/aromatic N) is 1. The van der Waals surface area contributed by atoms with Gasteiger partial charge in [-0.05, 0) is 52.9 Å². The first-order chi connectivity index (χ1) is 9.65. The highest BCUT2D eigenvalue weighted by atomic mass is 127. The number of ether oxygens (including phenoxy) is 1. The Morgan fingerprint density at radius 1 is 1.30 bits per heavy atom. The maximum absolute atomic E-state index is 12.2. The Bertz CT molecular complexity index is 693. The summed E-state index contributed by atoms with van der Waals surface area (Å²) in [4.78, 5) is 12.2. The molecule has 0 aliphatic rings. The maximum atomic E-state index is 12.2. The van der Waals surface area contributed by atoms with Crippen molar-refractivity contribution in [2.24, 2.45) is 0 Å². The molecule has 1 amide bonds. The number of hydrogen-bond acceptors (Lipinski definition) is 3. The highest BCUT2D eigenvalue weighted by Crippen LogP contribution is 2.26. The molecule has 0 unspecified atom stereocenters. The smallest absolute Gasteiger partial charge is 0.256 e. The summed E-state index contributed by atoms with van der Waals surface area (Å²) in [5, 5.41) is 11.7. The lowest BCUT2D eigenvalue weighted by atomic mass is 10.1. The Balaban J connectivity index is 2.32. The first-order valence-electron chi connectivity index (χ1n) is 5.79. The van der Waals surface area contributed by atoms with Crippen LogP contribution in [0.2, 0.25) is 0 Å². The molecule has 20 heavy (non-hydrogen) atoms. The third kappa shape index (κ3) is 3.08. The fraction of sp³-hybridized carbons (Fsp3) is 0.0667. The van der Waals surface area contributed by atoms with Gasteiger partial charge in [0.1, 0.15) is 5.75 Å². The normalized spacial score (nSPS) is 9.65. The van der Waals surface area contributed by atoms with Crippen LogP contribution >= 0.6 is 22.6 Å². The van der Waals surface area contributed by atoms with Crippen LogP contribution in [0.3, 0.4) is 0 Å². The quantitative estimate of drug-likeness (QED) is 0.833. The first kappa shape index (κ1) is 14.3. The Hall–Kier alpha value is -2.07. The average Bonchev–Trinajstić information content (AvgIpc) is 2.47. The fourth-order valence-corrected chi connectivity index (χ4v) is 2.34. The summed E-state index contributed by atoms with van der Waals surface area (Å²) in [6.07, 6.45) is 0. The van der Waals surface area contributed by atoms with Crippen molar-refractivity contribution in [3.8, 4) is 11.8 Å². The van der Waals surface area contributed by atoms with Crippen LogP contribution < -0.4 is 10.1 Å². The lowest BCUT2D eigenvalue weighted by Gasteiger charge is -2.11. The van der Waals surface area contributed by atoms with E-state index in [1.165, 1.54) is 7.11 Å². The lowest BCUT2D eigenvalue weighted by Crippen LogP contribution is -2.14. The largest absolute Gasteiger partial charge is 0.495 e. The molecule has 0 bridgehead atoms. The van der Waals surface area contributed by atoms with Crippen molar-refractivity contribution in [2.45, 2.75) is 0 Å². The lowest BCUT2D eigenvalue weighted by molar-refractivity contribution is 0.102. The Morgan fingerprint density at radius 2 is 2.05 bits per heavy atom. The standard InChI is InChI=1S/C15H11IN2O2/c1-20-14-7-6-10(9-17)8-13(14)18-15(19)11-4-2-3-5-12(11)16/h2-8H,1H3,(H,18,19). The molecule has 2 aromatic rings. The minimum atomic E-state index is -0.233. The Morgan fingerprint density at radius 3 is 2.70 bits per heavy atom. The van der Waals surface area contributed by atoms with E-state index in [-0.39, 0.29) is 5.91 Å². The number of benzene rings is 2. The van der Waals surface area contributed by atoms with E-state index >= 15 is 0 Å². The molecule has 0 heterocycles. The van der Waals surface area contributed by atoms with Crippen LogP contribution in [0, 0.1) is 14.9 Å². The van der Waals surface area contributed by atoms with Gasteiger partial charge in [-0.3, -0.25) is 4.79 Å². The van der Waals surface area contributed by atoms with Crippen molar-refractivity contribution in [3.63, 3.8) is 0 Å². The monoisotopic (exact) mass is 378 g/mol. The fourth-order valence-electron chi connectivity index (χ4n) is 1.71. The Labute approximate surface area is 130 Å². The van der Waals surface area contributed by atoms with E-state index in [1.54, 1.807) is 30.3 Å². The van der Waals surface area contributed by atoms with E-state index in [4.69, 9.17) is 10.00 Å². The molecule has 0 radical (unpaired) electrons. The average molecular weight is 378 g/mol. The molecule has 0 saturated carbocycles. The first-order valence-corrected chi connectivity index (χ1v) is 6.87. The topological polar surface area (TPSA) is 62.1 Å². The third-order valence-electron chi connectivity index (χ3n) is 2.70. The van der Waals surface area contributed by atoms with Gasteiger partial charge in [-0.25, -0.2) is 0 Å². The van der Waals surface area contributed by atoms with Crippen molar-refractivity contribution in [2.75, 3.05) is 12.4 Å². The highest BCUT2D eigenvalue weighted by molar-refractivity contribution is 14.1. The molecule has 0 saturated heterocycles. The van der Waals surface area contributed by atoms with Gasteiger partial charge in [-0.2, -0.15) is 5.26 Å². The van der Waals surface area contributed by atoms with E-state index < -0.39 is 0 Å². The van der Waals surface area contributed by atoms with Gasteiger partial charge in [0.15, 0.2) is 0 Å². The van der Waals surface area contributed by atoms with E-state index in [1.807, 2.05) is 18.2 Å². The van der Waals surface area contributed by atoms with Gasteiger partial charge in [0.2, 0.25) is 0 Å². The zero-order valence-corrected chi connectivity index (χ0v) is 12.8. The van der Waals surface area contributed by atoms with Crippen LogP contribution in [0.15, 0.2) is 42.5 Å². The number of carbonyl (C=O) groups excluding carboxylic acids is 1. The molecule has 0 aliphatic carbocycles. The Kier molecular flexibility index (Phi) is 4.58. The number of hydrogen-bond donors (Lipinski definition) is 1. The zero-order valence-electron chi connectivity index (χ0n) is 10.7. The van der Waals surface area contributed by atoms with Crippen molar-refractivity contribution in [1.82, 2.24) is 0 Å². The van der Waals surface area contributed by atoms with Crippen LogP contribution in [-0.4, -0.2) is 13.0 Å². The van der Waals surface area contributed by atoms with Crippen LogP contribution in [0.1, 0.15) is 15.9 Å². The molecule has 0 aliphatic heterocycles. The van der Waals surface area contributed by atoms with Gasteiger partial charge < -0.3 is 10.1 Å². The summed E-state index contributed by atoms with van der Waals surface area (Å²) in [5.41, 5.74) is 1.53. The minimum Gasteiger partial charge on any atom is -0.495 e. The summed E-state index contributed by atoms with van der Waals surface area (Å²) < 4.78 is 6.05. The number of amides is 1. The van der Waals surface area contributed by atoms with E-state index in [9.17, 15) is 4.79 Å². The number of halogens is 1. The maximum Gasteiger partial charge on any atom is 0.256 e. The molecular weight excluding hydrogens is 367 g/mol.